The van der Waals surface area contributed by atoms with Gasteiger partial charge in [-0.15, -0.1) is 0 Å². The molecule has 1 aromatic heterocycles. The van der Waals surface area contributed by atoms with Gasteiger partial charge in [-0.25, -0.2) is 9.78 Å². The van der Waals surface area contributed by atoms with E-state index in [9.17, 15) is 4.79 Å². The number of benzene rings is 1. The van der Waals surface area contributed by atoms with E-state index in [1.807, 2.05) is 24.1 Å². The molecule has 0 unspecified atom stereocenters. The molecule has 0 radical (unpaired) electrons. The molecule has 1 aromatic carbocycles. The van der Waals surface area contributed by atoms with E-state index in [-0.39, 0.29) is 12.1 Å². The van der Waals surface area contributed by atoms with Crippen molar-refractivity contribution in [2.45, 2.75) is 38.9 Å². The van der Waals surface area contributed by atoms with Gasteiger partial charge in [-0.05, 0) is 25.3 Å². The first-order valence-electron chi connectivity index (χ1n) is 8.90. The lowest BCUT2D eigenvalue weighted by Crippen LogP contribution is -2.51. The van der Waals surface area contributed by atoms with Crippen molar-refractivity contribution in [2.75, 3.05) is 19.8 Å². The van der Waals surface area contributed by atoms with Gasteiger partial charge in [0.05, 0.1) is 25.8 Å². The fourth-order valence-corrected chi connectivity index (χ4v) is 3.09. The molecule has 2 aromatic rings. The molecule has 0 aliphatic carbocycles. The van der Waals surface area contributed by atoms with Crippen LogP contribution in [0.2, 0.25) is 0 Å². The molecule has 1 aliphatic heterocycles. The highest BCUT2D eigenvalue weighted by Crippen LogP contribution is 2.08. The molecule has 0 spiro atoms. The van der Waals surface area contributed by atoms with E-state index in [2.05, 4.69) is 39.1 Å². The number of ether oxygens (including phenoxy) is 1. The van der Waals surface area contributed by atoms with E-state index in [0.29, 0.717) is 26.3 Å². The van der Waals surface area contributed by atoms with Gasteiger partial charge in [0.15, 0.2) is 0 Å². The number of hydrogen-bond acceptors (Lipinski definition) is 3. The van der Waals surface area contributed by atoms with Crippen LogP contribution < -0.4 is 5.32 Å². The van der Waals surface area contributed by atoms with E-state index in [4.69, 9.17) is 4.74 Å². The maximum Gasteiger partial charge on any atom is 0.318 e. The Balaban J connectivity index is 1.47. The van der Waals surface area contributed by atoms with Crippen LogP contribution in [-0.2, 0) is 24.2 Å². The highest BCUT2D eigenvalue weighted by molar-refractivity contribution is 5.74. The summed E-state index contributed by atoms with van der Waals surface area (Å²) < 4.78 is 7.49. The summed E-state index contributed by atoms with van der Waals surface area (Å²) in [5.41, 5.74) is 1.35. The number of nitrogens with zero attached hydrogens (tertiary/aromatic N) is 3. The standard InChI is InChI=1S/C19H26N4O2/c1-16-15-25-13-12-23(16)19(24)21-14-18-20-9-11-22(18)10-5-8-17-6-3-2-4-7-17/h2-4,6-7,9,11,16H,5,8,10,12-15H2,1H3,(H,21,24)/t16-/m1/s1. The fraction of sp³-hybridized carbons (Fsp3) is 0.474. The van der Waals surface area contributed by atoms with E-state index < -0.39 is 0 Å². The number of carbonyl (C=O) groups excluding carboxylic acids is 1. The van der Waals surface area contributed by atoms with Crippen LogP contribution in [0.4, 0.5) is 4.79 Å². The zero-order valence-electron chi connectivity index (χ0n) is 14.7. The highest BCUT2D eigenvalue weighted by Gasteiger charge is 2.23. The minimum absolute atomic E-state index is 0.0466. The van der Waals surface area contributed by atoms with Crippen LogP contribution in [0.25, 0.3) is 0 Å². The third kappa shape index (κ3) is 4.82. The number of aromatic nitrogens is 2. The Hall–Kier alpha value is -2.34. The van der Waals surface area contributed by atoms with Crippen molar-refractivity contribution in [2.24, 2.45) is 0 Å². The Labute approximate surface area is 148 Å². The molecule has 134 valence electrons. The lowest BCUT2D eigenvalue weighted by Gasteiger charge is -2.33. The molecule has 1 aliphatic rings. The van der Waals surface area contributed by atoms with Crippen LogP contribution in [0.1, 0.15) is 24.7 Å². The highest BCUT2D eigenvalue weighted by atomic mass is 16.5. The van der Waals surface area contributed by atoms with Crippen molar-refractivity contribution in [1.29, 1.82) is 0 Å². The van der Waals surface area contributed by atoms with Crippen LogP contribution in [0.5, 0.6) is 0 Å². The molecule has 0 bridgehead atoms. The average molecular weight is 342 g/mol. The zero-order valence-corrected chi connectivity index (χ0v) is 14.7. The number of morpholine rings is 1. The number of urea groups is 1. The maximum absolute atomic E-state index is 12.3. The minimum Gasteiger partial charge on any atom is -0.377 e. The lowest BCUT2D eigenvalue weighted by molar-refractivity contribution is 0.0189. The summed E-state index contributed by atoms with van der Waals surface area (Å²) in [5.74, 6) is 0.891. The molecular weight excluding hydrogens is 316 g/mol. The Morgan fingerprint density at radius 1 is 1.36 bits per heavy atom. The Morgan fingerprint density at radius 3 is 3.00 bits per heavy atom. The smallest absolute Gasteiger partial charge is 0.318 e. The van der Waals surface area contributed by atoms with Gasteiger partial charge in [-0.1, -0.05) is 30.3 Å². The predicted molar refractivity (Wildman–Crippen MR) is 96.2 cm³/mol. The van der Waals surface area contributed by atoms with Crippen molar-refractivity contribution in [3.05, 3.63) is 54.1 Å². The molecule has 2 heterocycles. The molecule has 3 rings (SSSR count). The summed E-state index contributed by atoms with van der Waals surface area (Å²) in [7, 11) is 0. The number of nitrogens with one attached hydrogen (secondary N) is 1. The van der Waals surface area contributed by atoms with Gasteiger partial charge in [0, 0.05) is 25.5 Å². The van der Waals surface area contributed by atoms with Crippen molar-refractivity contribution >= 4 is 6.03 Å². The normalized spacial score (nSPS) is 17.5. The topological polar surface area (TPSA) is 59.4 Å². The molecule has 6 heteroatoms. The molecular formula is C19H26N4O2. The van der Waals surface area contributed by atoms with E-state index in [1.54, 1.807) is 6.20 Å². The Morgan fingerprint density at radius 2 is 2.20 bits per heavy atom. The van der Waals surface area contributed by atoms with Gasteiger partial charge >= 0.3 is 6.03 Å². The predicted octanol–water partition coefficient (Wildman–Crippen LogP) is 2.45. The van der Waals surface area contributed by atoms with Crippen molar-refractivity contribution in [1.82, 2.24) is 19.8 Å². The quantitative estimate of drug-likeness (QED) is 0.877. The van der Waals surface area contributed by atoms with Crippen molar-refractivity contribution in [3.8, 4) is 0 Å². The number of amides is 2. The van der Waals surface area contributed by atoms with Gasteiger partial charge in [0.25, 0.3) is 0 Å². The molecule has 6 nitrogen and oxygen atoms in total. The van der Waals surface area contributed by atoms with Crippen LogP contribution in [0.3, 0.4) is 0 Å². The second-order valence-corrected chi connectivity index (χ2v) is 6.40. The van der Waals surface area contributed by atoms with E-state index >= 15 is 0 Å². The van der Waals surface area contributed by atoms with Gasteiger partial charge in [-0.3, -0.25) is 0 Å². The minimum atomic E-state index is -0.0466. The van der Waals surface area contributed by atoms with Gasteiger partial charge in [0.1, 0.15) is 5.82 Å². The first-order valence-corrected chi connectivity index (χ1v) is 8.90. The monoisotopic (exact) mass is 342 g/mol. The molecule has 1 fully saturated rings. The summed E-state index contributed by atoms with van der Waals surface area (Å²) in [6.45, 7) is 5.19. The molecule has 2 amide bonds. The van der Waals surface area contributed by atoms with Crippen LogP contribution in [-0.4, -0.2) is 46.3 Å². The number of hydrogen-bond donors (Lipinski definition) is 1. The SMILES string of the molecule is C[C@@H]1COCCN1C(=O)NCc1nccn1CCCc1ccccc1. The van der Waals surface area contributed by atoms with Crippen LogP contribution in [0, 0.1) is 0 Å². The number of imidazole rings is 1. The maximum atomic E-state index is 12.3. The van der Waals surface area contributed by atoms with Crippen molar-refractivity contribution in [3.63, 3.8) is 0 Å². The third-order valence-electron chi connectivity index (χ3n) is 4.54. The number of carbonyl (C=O) groups is 1. The molecule has 1 atom stereocenters. The van der Waals surface area contributed by atoms with Gasteiger partial charge < -0.3 is 19.5 Å². The van der Waals surface area contributed by atoms with Gasteiger partial charge in [0.2, 0.25) is 0 Å². The largest absolute Gasteiger partial charge is 0.377 e. The number of rotatable bonds is 6. The van der Waals surface area contributed by atoms with Crippen molar-refractivity contribution < 1.29 is 9.53 Å². The van der Waals surface area contributed by atoms with E-state index in [1.165, 1.54) is 5.56 Å². The summed E-state index contributed by atoms with van der Waals surface area (Å²) in [6.07, 6.45) is 5.85. The second kappa shape index (κ2) is 8.67. The third-order valence-corrected chi connectivity index (χ3v) is 4.54. The summed E-state index contributed by atoms with van der Waals surface area (Å²) in [4.78, 5) is 18.5. The summed E-state index contributed by atoms with van der Waals surface area (Å²) in [6, 6.07) is 10.5. The molecule has 25 heavy (non-hydrogen) atoms. The Kier molecular flexibility index (Phi) is 6.06. The summed E-state index contributed by atoms with van der Waals surface area (Å²) in [5, 5.41) is 2.98. The summed E-state index contributed by atoms with van der Waals surface area (Å²) >= 11 is 0. The van der Waals surface area contributed by atoms with Crippen LogP contribution >= 0.6 is 0 Å². The second-order valence-electron chi connectivity index (χ2n) is 6.40. The molecule has 1 saturated heterocycles. The average Bonchev–Trinajstić information content (AvgIpc) is 3.08. The number of aryl methyl sites for hydroxylation is 2. The molecule has 0 saturated carbocycles. The zero-order chi connectivity index (χ0) is 17.5. The fourth-order valence-electron chi connectivity index (χ4n) is 3.09. The lowest BCUT2D eigenvalue weighted by atomic mass is 10.1. The Bertz CT molecular complexity index is 671. The first-order chi connectivity index (χ1) is 12.2. The van der Waals surface area contributed by atoms with Crippen LogP contribution in [0.15, 0.2) is 42.7 Å². The molecule has 1 N–H and O–H groups in total. The van der Waals surface area contributed by atoms with E-state index in [0.717, 1.165) is 25.2 Å². The first kappa shape index (κ1) is 17.5. The van der Waals surface area contributed by atoms with Gasteiger partial charge in [-0.2, -0.15) is 0 Å².